The van der Waals surface area contributed by atoms with Crippen molar-refractivity contribution in [2.75, 3.05) is 0 Å². The Labute approximate surface area is 94.6 Å². The fourth-order valence-corrected chi connectivity index (χ4v) is 1.58. The molecule has 1 unspecified atom stereocenters. The molecular formula is C9H10F2O6. The Morgan fingerprint density at radius 2 is 2.06 bits per heavy atom. The molecule has 1 aliphatic carbocycles. The highest BCUT2D eigenvalue weighted by Gasteiger charge is 2.57. The highest BCUT2D eigenvalue weighted by atomic mass is 19.3. The fourth-order valence-electron chi connectivity index (χ4n) is 1.58. The highest BCUT2D eigenvalue weighted by molar-refractivity contribution is 5.87. The molecule has 2 fully saturated rings. The van der Waals surface area contributed by atoms with Crippen LogP contribution in [0.25, 0.3) is 0 Å². The van der Waals surface area contributed by atoms with Crippen LogP contribution >= 0.6 is 0 Å². The summed E-state index contributed by atoms with van der Waals surface area (Å²) in [5, 5.41) is 3.63. The predicted molar refractivity (Wildman–Crippen MR) is 45.3 cm³/mol. The number of hydrogen-bond donors (Lipinski definition) is 0. The van der Waals surface area contributed by atoms with Crippen molar-refractivity contribution < 1.29 is 37.9 Å². The van der Waals surface area contributed by atoms with Crippen molar-refractivity contribution in [2.45, 2.75) is 44.0 Å². The average Bonchev–Trinajstić information content (AvgIpc) is 2.18. The van der Waals surface area contributed by atoms with E-state index in [0.29, 0.717) is 12.8 Å². The maximum atomic E-state index is 13.2. The van der Waals surface area contributed by atoms with Crippen LogP contribution in [0, 0.1) is 0 Å². The lowest BCUT2D eigenvalue weighted by Gasteiger charge is -2.29. The van der Waals surface area contributed by atoms with Gasteiger partial charge in [0.05, 0.1) is 0 Å². The predicted octanol–water partition coefficient (Wildman–Crippen LogP) is 0.896. The molecule has 0 N–H and O–H groups in total. The number of esters is 1. The van der Waals surface area contributed by atoms with Gasteiger partial charge in [-0.3, -0.25) is 4.79 Å². The quantitative estimate of drug-likeness (QED) is 0.549. The van der Waals surface area contributed by atoms with Crippen molar-refractivity contribution >= 4 is 11.8 Å². The van der Waals surface area contributed by atoms with Gasteiger partial charge in [0.1, 0.15) is 0 Å². The van der Waals surface area contributed by atoms with Crippen LogP contribution in [0.2, 0.25) is 0 Å². The lowest BCUT2D eigenvalue weighted by Crippen LogP contribution is -2.52. The second-order valence-corrected chi connectivity index (χ2v) is 3.82. The Morgan fingerprint density at radius 3 is 2.59 bits per heavy atom. The van der Waals surface area contributed by atoms with Gasteiger partial charge in [-0.2, -0.15) is 18.6 Å². The first kappa shape index (κ1) is 12.3. The highest BCUT2D eigenvalue weighted by Crippen LogP contribution is 2.31. The lowest BCUT2D eigenvalue weighted by atomic mass is 9.96. The van der Waals surface area contributed by atoms with E-state index in [9.17, 15) is 18.4 Å². The Morgan fingerprint density at radius 1 is 1.35 bits per heavy atom. The molecule has 6 nitrogen and oxygen atoms in total. The molecule has 1 heterocycles. The summed E-state index contributed by atoms with van der Waals surface area (Å²) in [7, 11) is 0. The SMILES string of the molecule is O=C1CCCCC1OC(=O)C(F)(F)C1OOO1. The number of ketones is 1. The third-order valence-electron chi connectivity index (χ3n) is 2.57. The van der Waals surface area contributed by atoms with Crippen LogP contribution in [0.5, 0.6) is 0 Å². The molecule has 1 atom stereocenters. The van der Waals surface area contributed by atoms with E-state index in [2.05, 4.69) is 19.6 Å². The van der Waals surface area contributed by atoms with Crippen LogP contribution in [0.15, 0.2) is 0 Å². The number of hydrogen-bond acceptors (Lipinski definition) is 6. The average molecular weight is 252 g/mol. The van der Waals surface area contributed by atoms with Crippen molar-refractivity contribution in [2.24, 2.45) is 0 Å². The lowest BCUT2D eigenvalue weighted by molar-refractivity contribution is -0.705. The molecule has 0 amide bonds. The number of Topliss-reactive ketones (excluding diaryl/α,β-unsaturated/α-hetero) is 1. The minimum atomic E-state index is -3.99. The van der Waals surface area contributed by atoms with Crippen molar-refractivity contribution in [3.05, 3.63) is 0 Å². The zero-order valence-corrected chi connectivity index (χ0v) is 8.69. The number of ether oxygens (including phenoxy) is 1. The monoisotopic (exact) mass is 252 g/mol. The Kier molecular flexibility index (Phi) is 3.36. The molecular weight excluding hydrogens is 242 g/mol. The topological polar surface area (TPSA) is 71.1 Å². The van der Waals surface area contributed by atoms with Crippen LogP contribution in [0.1, 0.15) is 25.7 Å². The van der Waals surface area contributed by atoms with E-state index in [1.807, 2.05) is 0 Å². The van der Waals surface area contributed by atoms with Gasteiger partial charge < -0.3 is 4.74 Å². The van der Waals surface area contributed by atoms with E-state index in [-0.39, 0.29) is 18.6 Å². The molecule has 0 aromatic carbocycles. The van der Waals surface area contributed by atoms with E-state index in [4.69, 9.17) is 0 Å². The van der Waals surface area contributed by atoms with Crippen LogP contribution in [0.4, 0.5) is 8.78 Å². The fraction of sp³-hybridized carbons (Fsp3) is 0.778. The van der Waals surface area contributed by atoms with Crippen molar-refractivity contribution in [1.29, 1.82) is 0 Å². The maximum absolute atomic E-state index is 13.2. The molecule has 96 valence electrons. The van der Waals surface area contributed by atoms with Gasteiger partial charge in [0, 0.05) is 6.42 Å². The summed E-state index contributed by atoms with van der Waals surface area (Å²) in [6, 6.07) is 0. The van der Waals surface area contributed by atoms with Gasteiger partial charge in [-0.05, 0) is 19.3 Å². The number of carbonyl (C=O) groups excluding carboxylic acids is 2. The van der Waals surface area contributed by atoms with Gasteiger partial charge in [0.2, 0.25) is 0 Å². The molecule has 2 aliphatic rings. The van der Waals surface area contributed by atoms with E-state index in [1.54, 1.807) is 0 Å². The first-order chi connectivity index (χ1) is 8.01. The largest absolute Gasteiger partial charge is 0.450 e. The molecule has 0 radical (unpaired) electrons. The molecule has 0 spiro atoms. The zero-order valence-electron chi connectivity index (χ0n) is 8.69. The maximum Gasteiger partial charge on any atom is 0.398 e. The van der Waals surface area contributed by atoms with Crippen LogP contribution in [-0.2, 0) is 29.1 Å². The minimum absolute atomic E-state index is 0.239. The second kappa shape index (κ2) is 4.63. The summed E-state index contributed by atoms with van der Waals surface area (Å²) in [6.07, 6.45) is -1.36. The van der Waals surface area contributed by atoms with Gasteiger partial charge in [0.15, 0.2) is 11.9 Å². The van der Waals surface area contributed by atoms with Gasteiger partial charge in [-0.1, -0.05) is 5.04 Å². The smallest absolute Gasteiger partial charge is 0.398 e. The molecule has 1 saturated carbocycles. The van der Waals surface area contributed by atoms with E-state index in [1.165, 1.54) is 0 Å². The first-order valence-corrected chi connectivity index (χ1v) is 5.12. The Bertz CT molecular complexity index is 327. The summed E-state index contributed by atoms with van der Waals surface area (Å²) in [5.41, 5.74) is 0. The third kappa shape index (κ3) is 2.43. The molecule has 17 heavy (non-hydrogen) atoms. The number of carbonyl (C=O) groups is 2. The Hall–Kier alpha value is -1.12. The van der Waals surface area contributed by atoms with Crippen LogP contribution < -0.4 is 0 Å². The van der Waals surface area contributed by atoms with Crippen molar-refractivity contribution in [1.82, 2.24) is 0 Å². The molecule has 0 aromatic rings. The van der Waals surface area contributed by atoms with Crippen LogP contribution in [0.3, 0.4) is 0 Å². The molecule has 8 heteroatoms. The van der Waals surface area contributed by atoms with Gasteiger partial charge in [-0.15, -0.1) is 0 Å². The van der Waals surface area contributed by atoms with Gasteiger partial charge in [0.25, 0.3) is 0 Å². The molecule has 0 aromatic heterocycles. The Balaban J connectivity index is 1.93. The zero-order chi connectivity index (χ0) is 12.5. The molecule has 0 bridgehead atoms. The van der Waals surface area contributed by atoms with Gasteiger partial charge in [-0.25, -0.2) is 4.79 Å². The summed E-state index contributed by atoms with van der Waals surface area (Å²) in [5.74, 6) is -6.17. The summed E-state index contributed by atoms with van der Waals surface area (Å²) in [6.45, 7) is 0. The summed E-state index contributed by atoms with van der Waals surface area (Å²) >= 11 is 0. The number of halogens is 2. The second-order valence-electron chi connectivity index (χ2n) is 3.82. The number of alkyl halides is 2. The first-order valence-electron chi connectivity index (χ1n) is 5.12. The van der Waals surface area contributed by atoms with Crippen LogP contribution in [-0.4, -0.2) is 30.1 Å². The molecule has 1 aliphatic heterocycles. The van der Waals surface area contributed by atoms with Crippen molar-refractivity contribution in [3.8, 4) is 0 Å². The molecule has 1 saturated heterocycles. The van der Waals surface area contributed by atoms with E-state index < -0.39 is 24.3 Å². The van der Waals surface area contributed by atoms with Crippen molar-refractivity contribution in [3.63, 3.8) is 0 Å². The van der Waals surface area contributed by atoms with Gasteiger partial charge >= 0.3 is 18.2 Å². The third-order valence-corrected chi connectivity index (χ3v) is 2.57. The summed E-state index contributed by atoms with van der Waals surface area (Å²) in [4.78, 5) is 30.2. The molecule has 2 rings (SSSR count). The normalized spacial score (nSPS) is 26.5. The van der Waals surface area contributed by atoms with E-state index in [0.717, 1.165) is 0 Å². The van der Waals surface area contributed by atoms with E-state index >= 15 is 0 Å². The number of rotatable bonds is 3. The standard InChI is InChI=1S/C9H10F2O6/c10-9(11,8-15-17-16-8)7(13)14-6-4-2-1-3-5(6)12/h6,8H,1-4H2. The minimum Gasteiger partial charge on any atom is -0.450 e. The summed E-state index contributed by atoms with van der Waals surface area (Å²) < 4.78 is 30.9.